The second-order valence-corrected chi connectivity index (χ2v) is 4.84. The molecule has 0 aliphatic heterocycles. The number of nitrogens with one attached hydrogen (secondary N) is 3. The van der Waals surface area contributed by atoms with Crippen molar-refractivity contribution in [1.29, 1.82) is 0 Å². The van der Waals surface area contributed by atoms with Crippen molar-refractivity contribution >= 4 is 28.9 Å². The van der Waals surface area contributed by atoms with E-state index in [4.69, 9.17) is 0 Å². The van der Waals surface area contributed by atoms with Gasteiger partial charge in [-0.2, -0.15) is 0 Å². The molecule has 0 saturated carbocycles. The van der Waals surface area contributed by atoms with E-state index in [1.807, 2.05) is 12.1 Å². The Bertz CT molecular complexity index is 711. The molecule has 2 amide bonds. The largest absolute Gasteiger partial charge is 0.354 e. The van der Waals surface area contributed by atoms with Crippen molar-refractivity contribution in [2.45, 2.75) is 6.92 Å². The summed E-state index contributed by atoms with van der Waals surface area (Å²) in [4.78, 5) is 26.9. The van der Waals surface area contributed by atoms with Crippen LogP contribution in [0.25, 0.3) is 0 Å². The molecular weight excluding hydrogens is 292 g/mol. The number of benzene rings is 1. The highest BCUT2D eigenvalue weighted by molar-refractivity contribution is 5.95. The lowest BCUT2D eigenvalue weighted by Crippen LogP contribution is -2.23. The Morgan fingerprint density at radius 1 is 1.13 bits per heavy atom. The van der Waals surface area contributed by atoms with Gasteiger partial charge in [-0.1, -0.05) is 6.08 Å². The first kappa shape index (κ1) is 16.2. The zero-order valence-corrected chi connectivity index (χ0v) is 12.8. The Labute approximate surface area is 134 Å². The summed E-state index contributed by atoms with van der Waals surface area (Å²) in [6.45, 7) is 5.42. The van der Waals surface area contributed by atoms with Crippen molar-refractivity contribution in [3.05, 3.63) is 60.9 Å². The molecule has 2 rings (SSSR count). The molecule has 6 nitrogen and oxygen atoms in total. The van der Waals surface area contributed by atoms with E-state index in [9.17, 15) is 9.59 Å². The Morgan fingerprint density at radius 2 is 1.83 bits per heavy atom. The highest BCUT2D eigenvalue weighted by atomic mass is 16.2. The van der Waals surface area contributed by atoms with Gasteiger partial charge in [0.1, 0.15) is 0 Å². The molecular formula is C17H18N4O2. The zero-order valence-electron chi connectivity index (χ0n) is 12.8. The van der Waals surface area contributed by atoms with Gasteiger partial charge >= 0.3 is 0 Å². The lowest BCUT2D eigenvalue weighted by molar-refractivity contribution is -0.114. The Morgan fingerprint density at radius 3 is 2.48 bits per heavy atom. The Hall–Kier alpha value is -3.15. The lowest BCUT2D eigenvalue weighted by atomic mass is 10.2. The summed E-state index contributed by atoms with van der Waals surface area (Å²) in [5, 5.41) is 8.56. The average molecular weight is 310 g/mol. The molecule has 23 heavy (non-hydrogen) atoms. The molecule has 118 valence electrons. The first-order chi connectivity index (χ1) is 11.1. The van der Waals surface area contributed by atoms with Crippen LogP contribution in [0.1, 0.15) is 17.3 Å². The van der Waals surface area contributed by atoms with Crippen LogP contribution in [0.2, 0.25) is 0 Å². The van der Waals surface area contributed by atoms with Gasteiger partial charge in [-0.3, -0.25) is 14.6 Å². The van der Waals surface area contributed by atoms with Crippen LogP contribution in [-0.4, -0.2) is 23.3 Å². The number of pyridine rings is 1. The van der Waals surface area contributed by atoms with Crippen molar-refractivity contribution in [1.82, 2.24) is 10.3 Å². The summed E-state index contributed by atoms with van der Waals surface area (Å²) in [6.07, 6.45) is 4.75. The number of hydrogen-bond donors (Lipinski definition) is 3. The molecule has 0 aliphatic carbocycles. The second kappa shape index (κ2) is 7.74. The maximum atomic E-state index is 11.9. The number of nitrogens with zero attached hydrogens (tertiary/aromatic N) is 1. The van der Waals surface area contributed by atoms with E-state index < -0.39 is 0 Å². The Kier molecular flexibility index (Phi) is 5.46. The number of anilines is 3. The number of amides is 2. The van der Waals surface area contributed by atoms with Gasteiger partial charge in [0.2, 0.25) is 5.91 Å². The predicted molar refractivity (Wildman–Crippen MR) is 90.8 cm³/mol. The van der Waals surface area contributed by atoms with Crippen molar-refractivity contribution in [3.8, 4) is 0 Å². The topological polar surface area (TPSA) is 83.1 Å². The van der Waals surface area contributed by atoms with Crippen molar-refractivity contribution in [2.75, 3.05) is 17.2 Å². The molecule has 1 aromatic carbocycles. The van der Waals surface area contributed by atoms with E-state index in [1.165, 1.54) is 13.1 Å². The average Bonchev–Trinajstić information content (AvgIpc) is 2.54. The third-order valence-electron chi connectivity index (χ3n) is 2.90. The molecule has 0 unspecified atom stereocenters. The molecule has 0 fully saturated rings. The maximum absolute atomic E-state index is 11.9. The molecule has 0 saturated heterocycles. The minimum absolute atomic E-state index is 0.117. The zero-order chi connectivity index (χ0) is 16.7. The molecule has 0 spiro atoms. The van der Waals surface area contributed by atoms with Crippen LogP contribution < -0.4 is 16.0 Å². The SMILES string of the molecule is C=CCNC(=O)c1cncc(Nc2ccc(NC(C)=O)cc2)c1. The van der Waals surface area contributed by atoms with E-state index in [1.54, 1.807) is 30.5 Å². The summed E-state index contributed by atoms with van der Waals surface area (Å²) in [6, 6.07) is 8.95. The fourth-order valence-electron chi connectivity index (χ4n) is 1.91. The number of aromatic nitrogens is 1. The lowest BCUT2D eigenvalue weighted by Gasteiger charge is -2.09. The van der Waals surface area contributed by atoms with E-state index in [0.29, 0.717) is 17.8 Å². The molecule has 0 bridgehead atoms. The van der Waals surface area contributed by atoms with Crippen molar-refractivity contribution in [2.24, 2.45) is 0 Å². The fraction of sp³-hybridized carbons (Fsp3) is 0.118. The summed E-state index contributed by atoms with van der Waals surface area (Å²) in [5.74, 6) is -0.324. The third kappa shape index (κ3) is 4.96. The van der Waals surface area contributed by atoms with E-state index in [0.717, 1.165) is 11.4 Å². The highest BCUT2D eigenvalue weighted by Gasteiger charge is 2.06. The van der Waals surface area contributed by atoms with Gasteiger partial charge in [0.15, 0.2) is 0 Å². The van der Waals surface area contributed by atoms with Crippen LogP contribution in [0.4, 0.5) is 17.1 Å². The normalized spacial score (nSPS) is 9.78. The molecule has 3 N–H and O–H groups in total. The van der Waals surface area contributed by atoms with Gasteiger partial charge in [0.25, 0.3) is 5.91 Å². The first-order valence-electron chi connectivity index (χ1n) is 7.07. The summed E-state index contributed by atoms with van der Waals surface area (Å²) < 4.78 is 0. The maximum Gasteiger partial charge on any atom is 0.253 e. The van der Waals surface area contributed by atoms with Crippen molar-refractivity contribution in [3.63, 3.8) is 0 Å². The van der Waals surface area contributed by atoms with E-state index >= 15 is 0 Å². The standard InChI is InChI=1S/C17H18N4O2/c1-3-8-19-17(23)13-9-16(11-18-10-13)21-15-6-4-14(5-7-15)20-12(2)22/h3-7,9-11,21H,1,8H2,2H3,(H,19,23)(H,20,22). The van der Waals surface area contributed by atoms with Crippen LogP contribution in [-0.2, 0) is 4.79 Å². The summed E-state index contributed by atoms with van der Waals surface area (Å²) >= 11 is 0. The van der Waals surface area contributed by atoms with Gasteiger partial charge in [-0.15, -0.1) is 6.58 Å². The molecule has 0 aliphatic rings. The van der Waals surface area contributed by atoms with Gasteiger partial charge in [-0.05, 0) is 30.3 Å². The van der Waals surface area contributed by atoms with Crippen LogP contribution >= 0.6 is 0 Å². The molecule has 1 aromatic heterocycles. The molecule has 0 atom stereocenters. The van der Waals surface area contributed by atoms with Gasteiger partial charge < -0.3 is 16.0 Å². The van der Waals surface area contributed by atoms with Gasteiger partial charge in [-0.25, -0.2) is 0 Å². The summed E-state index contributed by atoms with van der Waals surface area (Å²) in [5.41, 5.74) is 2.71. The Balaban J connectivity index is 2.06. The van der Waals surface area contributed by atoms with Crippen LogP contribution in [0.5, 0.6) is 0 Å². The number of rotatable bonds is 6. The van der Waals surface area contributed by atoms with Gasteiger partial charge in [0.05, 0.1) is 17.4 Å². The highest BCUT2D eigenvalue weighted by Crippen LogP contribution is 2.19. The monoisotopic (exact) mass is 310 g/mol. The minimum Gasteiger partial charge on any atom is -0.354 e. The first-order valence-corrected chi connectivity index (χ1v) is 7.07. The quantitative estimate of drug-likeness (QED) is 0.716. The molecule has 2 aromatic rings. The smallest absolute Gasteiger partial charge is 0.253 e. The molecule has 6 heteroatoms. The van der Waals surface area contributed by atoms with Crippen LogP contribution in [0.15, 0.2) is 55.4 Å². The molecule has 1 heterocycles. The fourth-order valence-corrected chi connectivity index (χ4v) is 1.91. The number of hydrogen-bond acceptors (Lipinski definition) is 4. The van der Waals surface area contributed by atoms with Crippen molar-refractivity contribution < 1.29 is 9.59 Å². The van der Waals surface area contributed by atoms with Gasteiger partial charge in [0, 0.05) is 31.0 Å². The third-order valence-corrected chi connectivity index (χ3v) is 2.90. The molecule has 0 radical (unpaired) electrons. The summed E-state index contributed by atoms with van der Waals surface area (Å²) in [7, 11) is 0. The van der Waals surface area contributed by atoms with Crippen LogP contribution in [0, 0.1) is 0 Å². The van der Waals surface area contributed by atoms with E-state index in [-0.39, 0.29) is 11.8 Å². The number of carbonyl (C=O) groups is 2. The second-order valence-electron chi connectivity index (χ2n) is 4.84. The minimum atomic E-state index is -0.206. The van der Waals surface area contributed by atoms with E-state index in [2.05, 4.69) is 27.5 Å². The van der Waals surface area contributed by atoms with Crippen LogP contribution in [0.3, 0.4) is 0 Å². The predicted octanol–water partition coefficient (Wildman–Crippen LogP) is 2.70. The number of carbonyl (C=O) groups excluding carboxylic acids is 2.